The standard InChI is InChI=1S/C15H18BrN3O2/c1-10-6-12(16)7-11(8-19-13-2-3-13)15(10)21-9-14(20)18-5-4-17/h6-7,13,19H,2-3,5,8-9H2,1H3,(H,18,20). The molecule has 1 aliphatic rings. The van der Waals surface area contributed by atoms with Crippen LogP contribution >= 0.6 is 15.9 Å². The Kier molecular flexibility index (Phi) is 5.59. The van der Waals surface area contributed by atoms with Gasteiger partial charge in [-0.3, -0.25) is 4.79 Å². The zero-order chi connectivity index (χ0) is 15.2. The number of amides is 1. The minimum atomic E-state index is -0.292. The molecule has 0 spiro atoms. The van der Waals surface area contributed by atoms with Crippen molar-refractivity contribution in [3.05, 3.63) is 27.7 Å². The summed E-state index contributed by atoms with van der Waals surface area (Å²) < 4.78 is 6.65. The first-order valence-corrected chi connectivity index (χ1v) is 7.68. The summed E-state index contributed by atoms with van der Waals surface area (Å²) in [6, 6.07) is 6.44. The molecule has 0 unspecified atom stereocenters. The zero-order valence-electron chi connectivity index (χ0n) is 11.9. The molecule has 1 aromatic carbocycles. The number of hydrogen-bond acceptors (Lipinski definition) is 4. The number of carbonyl (C=O) groups excluding carboxylic acids is 1. The number of ether oxygens (including phenoxy) is 1. The van der Waals surface area contributed by atoms with Crippen LogP contribution in [0.2, 0.25) is 0 Å². The van der Waals surface area contributed by atoms with Crippen molar-refractivity contribution in [2.75, 3.05) is 13.2 Å². The highest BCUT2D eigenvalue weighted by Gasteiger charge is 2.21. The van der Waals surface area contributed by atoms with E-state index in [0.717, 1.165) is 27.9 Å². The van der Waals surface area contributed by atoms with Crippen LogP contribution in [0.15, 0.2) is 16.6 Å². The van der Waals surface area contributed by atoms with Crippen molar-refractivity contribution in [2.24, 2.45) is 0 Å². The number of nitrogens with zero attached hydrogens (tertiary/aromatic N) is 1. The Bertz CT molecular complexity index is 565. The molecule has 0 heterocycles. The average Bonchev–Trinajstić information content (AvgIpc) is 3.25. The molecule has 6 heteroatoms. The third kappa shape index (κ3) is 5.03. The van der Waals surface area contributed by atoms with Crippen molar-refractivity contribution < 1.29 is 9.53 Å². The Hall–Kier alpha value is -1.58. The van der Waals surface area contributed by atoms with E-state index in [4.69, 9.17) is 10.00 Å². The second kappa shape index (κ2) is 7.43. The van der Waals surface area contributed by atoms with Gasteiger partial charge in [-0.25, -0.2) is 0 Å². The molecule has 2 N–H and O–H groups in total. The molecule has 0 aromatic heterocycles. The highest BCUT2D eigenvalue weighted by Crippen LogP contribution is 2.29. The van der Waals surface area contributed by atoms with Gasteiger partial charge < -0.3 is 15.4 Å². The van der Waals surface area contributed by atoms with Crippen LogP contribution in [0, 0.1) is 18.3 Å². The molecule has 0 aliphatic heterocycles. The van der Waals surface area contributed by atoms with Crippen LogP contribution in [0.25, 0.3) is 0 Å². The van der Waals surface area contributed by atoms with Crippen molar-refractivity contribution in [1.29, 1.82) is 5.26 Å². The molecule has 1 aromatic rings. The van der Waals surface area contributed by atoms with E-state index in [1.54, 1.807) is 0 Å². The number of hydrogen-bond donors (Lipinski definition) is 2. The van der Waals surface area contributed by atoms with Gasteiger partial charge in [-0.15, -0.1) is 0 Å². The van der Waals surface area contributed by atoms with Gasteiger partial charge in [-0.1, -0.05) is 15.9 Å². The van der Waals surface area contributed by atoms with Crippen LogP contribution in [-0.2, 0) is 11.3 Å². The van der Waals surface area contributed by atoms with E-state index in [2.05, 4.69) is 26.6 Å². The smallest absolute Gasteiger partial charge is 0.258 e. The molecule has 2 rings (SSSR count). The second-order valence-corrected chi connectivity index (χ2v) is 6.01. The van der Waals surface area contributed by atoms with Gasteiger partial charge in [-0.2, -0.15) is 5.26 Å². The summed E-state index contributed by atoms with van der Waals surface area (Å²) in [5.74, 6) is 0.443. The summed E-state index contributed by atoms with van der Waals surface area (Å²) >= 11 is 3.49. The first kappa shape index (κ1) is 15.8. The summed E-state index contributed by atoms with van der Waals surface area (Å²) in [4.78, 5) is 11.5. The monoisotopic (exact) mass is 351 g/mol. The first-order chi connectivity index (χ1) is 10.1. The van der Waals surface area contributed by atoms with E-state index >= 15 is 0 Å². The van der Waals surface area contributed by atoms with Gasteiger partial charge in [0, 0.05) is 22.6 Å². The Balaban J connectivity index is 2.01. The highest BCUT2D eigenvalue weighted by molar-refractivity contribution is 9.10. The molecule has 1 amide bonds. The van der Waals surface area contributed by atoms with Crippen molar-refractivity contribution >= 4 is 21.8 Å². The predicted molar refractivity (Wildman–Crippen MR) is 82.9 cm³/mol. The SMILES string of the molecule is Cc1cc(Br)cc(CNC2CC2)c1OCC(=O)NCC#N. The summed E-state index contributed by atoms with van der Waals surface area (Å²) in [7, 11) is 0. The maximum Gasteiger partial charge on any atom is 0.258 e. The van der Waals surface area contributed by atoms with E-state index in [9.17, 15) is 4.79 Å². The largest absolute Gasteiger partial charge is 0.483 e. The Labute approximate surface area is 132 Å². The number of nitrogens with one attached hydrogen (secondary N) is 2. The van der Waals surface area contributed by atoms with Crippen LogP contribution in [-0.4, -0.2) is 25.1 Å². The lowest BCUT2D eigenvalue weighted by molar-refractivity contribution is -0.122. The van der Waals surface area contributed by atoms with Crippen LogP contribution in [0.4, 0.5) is 0 Å². The molecule has 21 heavy (non-hydrogen) atoms. The van der Waals surface area contributed by atoms with Crippen molar-refractivity contribution in [3.8, 4) is 11.8 Å². The highest BCUT2D eigenvalue weighted by atomic mass is 79.9. The van der Waals surface area contributed by atoms with Crippen LogP contribution < -0.4 is 15.4 Å². The number of carbonyl (C=O) groups is 1. The second-order valence-electron chi connectivity index (χ2n) is 5.09. The summed E-state index contributed by atoms with van der Waals surface area (Å²) in [5, 5.41) is 14.3. The third-order valence-corrected chi connectivity index (χ3v) is 3.64. The normalized spacial score (nSPS) is 13.6. The minimum Gasteiger partial charge on any atom is -0.483 e. The molecular weight excluding hydrogens is 334 g/mol. The molecule has 0 atom stereocenters. The van der Waals surface area contributed by atoms with Gasteiger partial charge in [0.1, 0.15) is 12.3 Å². The van der Waals surface area contributed by atoms with E-state index in [1.807, 2.05) is 25.1 Å². The fourth-order valence-corrected chi connectivity index (χ4v) is 2.63. The number of aryl methyl sites for hydroxylation is 1. The number of nitriles is 1. The van der Waals surface area contributed by atoms with Crippen molar-refractivity contribution in [1.82, 2.24) is 10.6 Å². The Morgan fingerprint density at radius 3 is 2.95 bits per heavy atom. The molecule has 5 nitrogen and oxygen atoms in total. The molecular formula is C15H18BrN3O2. The average molecular weight is 352 g/mol. The topological polar surface area (TPSA) is 74.2 Å². The van der Waals surface area contributed by atoms with E-state index < -0.39 is 0 Å². The molecule has 1 fully saturated rings. The fraction of sp³-hybridized carbons (Fsp3) is 0.467. The molecule has 1 saturated carbocycles. The lowest BCUT2D eigenvalue weighted by Gasteiger charge is -2.15. The van der Waals surface area contributed by atoms with Crippen molar-refractivity contribution in [2.45, 2.75) is 32.4 Å². The molecule has 0 radical (unpaired) electrons. The van der Waals surface area contributed by atoms with E-state index in [1.165, 1.54) is 12.8 Å². The number of rotatable bonds is 7. The fourth-order valence-electron chi connectivity index (χ4n) is 2.01. The van der Waals surface area contributed by atoms with Crippen LogP contribution in [0.1, 0.15) is 24.0 Å². The van der Waals surface area contributed by atoms with Gasteiger partial charge in [0.25, 0.3) is 5.91 Å². The predicted octanol–water partition coefficient (Wildman–Crippen LogP) is 2.03. The quantitative estimate of drug-likeness (QED) is 0.737. The summed E-state index contributed by atoms with van der Waals surface area (Å²) in [6.07, 6.45) is 2.44. The molecule has 1 aliphatic carbocycles. The summed E-state index contributed by atoms with van der Waals surface area (Å²) in [6.45, 7) is 2.59. The van der Waals surface area contributed by atoms with Crippen LogP contribution in [0.5, 0.6) is 5.75 Å². The molecule has 0 bridgehead atoms. The Morgan fingerprint density at radius 1 is 1.52 bits per heavy atom. The van der Waals surface area contributed by atoms with E-state index in [0.29, 0.717) is 6.04 Å². The van der Waals surface area contributed by atoms with Gasteiger partial charge in [-0.05, 0) is 37.5 Å². The van der Waals surface area contributed by atoms with Gasteiger partial charge in [0.15, 0.2) is 6.61 Å². The first-order valence-electron chi connectivity index (χ1n) is 6.89. The molecule has 112 valence electrons. The van der Waals surface area contributed by atoms with Gasteiger partial charge in [0.2, 0.25) is 0 Å². The molecule has 0 saturated heterocycles. The third-order valence-electron chi connectivity index (χ3n) is 3.19. The van der Waals surface area contributed by atoms with Gasteiger partial charge >= 0.3 is 0 Å². The Morgan fingerprint density at radius 2 is 2.29 bits per heavy atom. The minimum absolute atomic E-state index is 0.00237. The van der Waals surface area contributed by atoms with Gasteiger partial charge in [0.05, 0.1) is 6.07 Å². The van der Waals surface area contributed by atoms with Crippen LogP contribution in [0.3, 0.4) is 0 Å². The van der Waals surface area contributed by atoms with Crippen molar-refractivity contribution in [3.63, 3.8) is 0 Å². The lowest BCUT2D eigenvalue weighted by atomic mass is 10.1. The summed E-state index contributed by atoms with van der Waals surface area (Å²) in [5.41, 5.74) is 2.01. The lowest BCUT2D eigenvalue weighted by Crippen LogP contribution is -2.29. The number of halogens is 1. The van der Waals surface area contributed by atoms with E-state index in [-0.39, 0.29) is 19.1 Å². The maximum absolute atomic E-state index is 11.5. The maximum atomic E-state index is 11.5. The zero-order valence-corrected chi connectivity index (χ0v) is 13.5. The number of benzene rings is 1.